The lowest BCUT2D eigenvalue weighted by Crippen LogP contribution is -1.96. The van der Waals surface area contributed by atoms with E-state index in [9.17, 15) is 0 Å². The van der Waals surface area contributed by atoms with Crippen LogP contribution in [-0.2, 0) is 6.61 Å². The van der Waals surface area contributed by atoms with Crippen molar-refractivity contribution in [3.8, 4) is 17.6 Å². The predicted molar refractivity (Wildman–Crippen MR) is 89.5 cm³/mol. The lowest BCUT2D eigenvalue weighted by molar-refractivity contribution is 0.306. The fourth-order valence-corrected chi connectivity index (χ4v) is 2.15. The van der Waals surface area contributed by atoms with E-state index in [1.807, 2.05) is 24.3 Å². The molecule has 0 fully saturated rings. The van der Waals surface area contributed by atoms with Gasteiger partial charge in [0.05, 0.1) is 0 Å². The van der Waals surface area contributed by atoms with E-state index >= 15 is 0 Å². The molecule has 1 nitrogen and oxygen atoms in total. The van der Waals surface area contributed by atoms with Crippen molar-refractivity contribution < 1.29 is 4.74 Å². The summed E-state index contributed by atoms with van der Waals surface area (Å²) in [4.78, 5) is 0. The van der Waals surface area contributed by atoms with Crippen LogP contribution >= 0.6 is 34.8 Å². The zero-order valence-corrected chi connectivity index (χ0v) is 13.5. The quantitative estimate of drug-likeness (QED) is 0.524. The first-order valence-electron chi connectivity index (χ1n) is 6.40. The molecule has 2 rings (SSSR count). The molecular weight excluding hydrogens is 327 g/mol. The molecule has 0 atom stereocenters. The minimum Gasteiger partial charge on any atom is -0.489 e. The molecule has 0 N–H and O–H groups in total. The second-order valence-electron chi connectivity index (χ2n) is 4.29. The summed E-state index contributed by atoms with van der Waals surface area (Å²) >= 11 is 17.6. The Labute approximate surface area is 139 Å². The third-order valence-electron chi connectivity index (χ3n) is 2.69. The number of ether oxygens (including phenoxy) is 1. The fraction of sp³-hybridized carbons (Fsp3) is 0.176. The summed E-state index contributed by atoms with van der Waals surface area (Å²) in [6, 6.07) is 12.9. The molecular formula is C17H13Cl3O. The van der Waals surface area contributed by atoms with Crippen LogP contribution in [0.3, 0.4) is 0 Å². The first kappa shape index (κ1) is 16.0. The van der Waals surface area contributed by atoms with Crippen LogP contribution in [0.5, 0.6) is 5.75 Å². The molecule has 0 aliphatic rings. The molecule has 4 heteroatoms. The van der Waals surface area contributed by atoms with Crippen molar-refractivity contribution in [3.63, 3.8) is 0 Å². The fourth-order valence-electron chi connectivity index (χ4n) is 1.69. The van der Waals surface area contributed by atoms with Gasteiger partial charge in [-0.05, 0) is 36.4 Å². The van der Waals surface area contributed by atoms with Crippen LogP contribution < -0.4 is 4.74 Å². The van der Waals surface area contributed by atoms with Gasteiger partial charge in [-0.1, -0.05) is 41.1 Å². The van der Waals surface area contributed by atoms with Gasteiger partial charge in [-0.3, -0.25) is 0 Å². The van der Waals surface area contributed by atoms with E-state index in [4.69, 9.17) is 39.5 Å². The summed E-state index contributed by atoms with van der Waals surface area (Å²) in [5, 5.41) is 1.27. The molecule has 2 aromatic rings. The van der Waals surface area contributed by atoms with Gasteiger partial charge < -0.3 is 4.74 Å². The van der Waals surface area contributed by atoms with Crippen LogP contribution in [0.4, 0.5) is 0 Å². The largest absolute Gasteiger partial charge is 0.489 e. The van der Waals surface area contributed by atoms with Gasteiger partial charge in [0.2, 0.25) is 0 Å². The average molecular weight is 340 g/mol. The number of hydrogen-bond donors (Lipinski definition) is 0. The molecule has 108 valence electrons. The number of hydrogen-bond acceptors (Lipinski definition) is 1. The zero-order valence-electron chi connectivity index (χ0n) is 11.2. The zero-order chi connectivity index (χ0) is 15.1. The van der Waals surface area contributed by atoms with E-state index in [0.29, 0.717) is 29.0 Å². The molecule has 0 aromatic heterocycles. The topological polar surface area (TPSA) is 9.23 Å². The van der Waals surface area contributed by atoms with Crippen LogP contribution in [0, 0.1) is 11.8 Å². The SMILES string of the molecule is ClCCC#Cc1cccc(OCc2cc(Cl)ccc2Cl)c1. The van der Waals surface area contributed by atoms with Crippen molar-refractivity contribution in [2.75, 3.05) is 5.88 Å². The number of rotatable bonds is 4. The Morgan fingerprint density at radius 1 is 1.05 bits per heavy atom. The second kappa shape index (κ2) is 8.20. The Hall–Kier alpha value is -1.33. The second-order valence-corrected chi connectivity index (χ2v) is 5.51. The van der Waals surface area contributed by atoms with E-state index in [1.54, 1.807) is 18.2 Å². The van der Waals surface area contributed by atoms with Gasteiger partial charge in [0.1, 0.15) is 12.4 Å². The summed E-state index contributed by atoms with van der Waals surface area (Å²) in [7, 11) is 0. The van der Waals surface area contributed by atoms with Gasteiger partial charge >= 0.3 is 0 Å². The third-order valence-corrected chi connectivity index (χ3v) is 3.48. The Balaban J connectivity index is 2.05. The lowest BCUT2D eigenvalue weighted by atomic mass is 10.2. The maximum Gasteiger partial charge on any atom is 0.121 e. The van der Waals surface area contributed by atoms with Gasteiger partial charge in [0, 0.05) is 33.5 Å². The standard InChI is InChI=1S/C17H13Cl3O/c18-9-2-1-4-13-5-3-6-16(10-13)21-12-14-11-15(19)7-8-17(14)20/h3,5-8,10-11H,2,9,12H2. The highest BCUT2D eigenvalue weighted by molar-refractivity contribution is 6.33. The van der Waals surface area contributed by atoms with Crippen LogP contribution in [0.2, 0.25) is 10.0 Å². The minimum atomic E-state index is 0.359. The summed E-state index contributed by atoms with van der Waals surface area (Å²) in [6.45, 7) is 0.359. The monoisotopic (exact) mass is 338 g/mol. The van der Waals surface area contributed by atoms with Gasteiger partial charge in [-0.25, -0.2) is 0 Å². The van der Waals surface area contributed by atoms with Crippen LogP contribution in [0.1, 0.15) is 17.5 Å². The van der Waals surface area contributed by atoms with Crippen LogP contribution in [0.25, 0.3) is 0 Å². The maximum absolute atomic E-state index is 6.10. The van der Waals surface area contributed by atoms with Crippen molar-refractivity contribution in [1.82, 2.24) is 0 Å². The molecule has 0 aliphatic heterocycles. The molecule has 0 radical (unpaired) electrons. The first-order valence-corrected chi connectivity index (χ1v) is 7.69. The number of benzene rings is 2. The normalized spacial score (nSPS) is 9.86. The molecule has 0 spiro atoms. The van der Waals surface area contributed by atoms with Crippen molar-refractivity contribution in [3.05, 3.63) is 63.6 Å². The molecule has 0 amide bonds. The summed E-state index contributed by atoms with van der Waals surface area (Å²) in [5.41, 5.74) is 1.75. The van der Waals surface area contributed by atoms with E-state index in [1.165, 1.54) is 0 Å². The van der Waals surface area contributed by atoms with Crippen molar-refractivity contribution in [1.29, 1.82) is 0 Å². The van der Waals surface area contributed by atoms with Crippen molar-refractivity contribution in [2.45, 2.75) is 13.0 Å². The number of halogens is 3. The average Bonchev–Trinajstić information content (AvgIpc) is 2.49. The molecule has 0 bridgehead atoms. The van der Waals surface area contributed by atoms with Crippen LogP contribution in [-0.4, -0.2) is 5.88 Å². The van der Waals surface area contributed by atoms with E-state index in [2.05, 4.69) is 11.8 Å². The highest BCUT2D eigenvalue weighted by Crippen LogP contribution is 2.22. The first-order chi connectivity index (χ1) is 10.2. The lowest BCUT2D eigenvalue weighted by Gasteiger charge is -2.08. The molecule has 2 aromatic carbocycles. The third kappa shape index (κ3) is 5.17. The molecule has 0 aliphatic carbocycles. The van der Waals surface area contributed by atoms with Crippen molar-refractivity contribution >= 4 is 34.8 Å². The van der Waals surface area contributed by atoms with E-state index < -0.39 is 0 Å². The summed E-state index contributed by atoms with van der Waals surface area (Å²) in [5.74, 6) is 7.31. The van der Waals surface area contributed by atoms with Gasteiger partial charge in [-0.2, -0.15) is 0 Å². The van der Waals surface area contributed by atoms with Crippen molar-refractivity contribution in [2.24, 2.45) is 0 Å². The van der Waals surface area contributed by atoms with Crippen LogP contribution in [0.15, 0.2) is 42.5 Å². The van der Waals surface area contributed by atoms with Gasteiger partial charge in [-0.15, -0.1) is 11.6 Å². The summed E-state index contributed by atoms with van der Waals surface area (Å²) in [6.07, 6.45) is 0.671. The Kier molecular flexibility index (Phi) is 6.26. The maximum atomic E-state index is 6.10. The van der Waals surface area contributed by atoms with E-state index in [-0.39, 0.29) is 0 Å². The molecule has 21 heavy (non-hydrogen) atoms. The highest BCUT2D eigenvalue weighted by atomic mass is 35.5. The number of alkyl halides is 1. The Morgan fingerprint density at radius 3 is 2.71 bits per heavy atom. The smallest absolute Gasteiger partial charge is 0.121 e. The summed E-state index contributed by atoms with van der Waals surface area (Å²) < 4.78 is 5.74. The minimum absolute atomic E-state index is 0.359. The Morgan fingerprint density at radius 2 is 1.90 bits per heavy atom. The molecule has 0 heterocycles. The van der Waals surface area contributed by atoms with E-state index in [0.717, 1.165) is 16.9 Å². The predicted octanol–water partition coefficient (Wildman–Crippen LogP) is 5.55. The molecule has 0 saturated heterocycles. The molecule has 0 saturated carbocycles. The van der Waals surface area contributed by atoms with Gasteiger partial charge in [0.25, 0.3) is 0 Å². The van der Waals surface area contributed by atoms with Gasteiger partial charge in [0.15, 0.2) is 0 Å². The highest BCUT2D eigenvalue weighted by Gasteiger charge is 2.03. The molecule has 0 unspecified atom stereocenters. The Bertz CT molecular complexity index is 671.